The second-order valence-electron chi connectivity index (χ2n) is 4.89. The van der Waals surface area contributed by atoms with Crippen LogP contribution in [0.5, 0.6) is 0 Å². The lowest BCUT2D eigenvalue weighted by Crippen LogP contribution is -2.09. The first-order chi connectivity index (χ1) is 8.16. The van der Waals surface area contributed by atoms with Gasteiger partial charge in [0.2, 0.25) is 0 Å². The molecule has 2 unspecified atom stereocenters. The first-order valence-corrected chi connectivity index (χ1v) is 7.43. The lowest BCUT2D eigenvalue weighted by atomic mass is 9.92. The molecule has 2 rings (SSSR count). The van der Waals surface area contributed by atoms with Gasteiger partial charge < -0.3 is 0 Å². The average molecular weight is 292 g/mol. The van der Waals surface area contributed by atoms with E-state index < -0.39 is 0 Å². The van der Waals surface area contributed by atoms with E-state index in [-0.39, 0.29) is 0 Å². The Balaban J connectivity index is 2.09. The molecule has 1 aliphatic carbocycles. The Labute approximate surface area is 118 Å². The summed E-state index contributed by atoms with van der Waals surface area (Å²) in [6.45, 7) is 0. The average Bonchev–Trinajstić information content (AvgIpc) is 2.48. The van der Waals surface area contributed by atoms with E-state index in [0.29, 0.717) is 11.3 Å². The Bertz CT molecular complexity index is 355. The van der Waals surface area contributed by atoms with Crippen LogP contribution >= 0.6 is 34.8 Å². The van der Waals surface area contributed by atoms with Crippen molar-refractivity contribution in [3.63, 3.8) is 0 Å². The van der Waals surface area contributed by atoms with Crippen molar-refractivity contribution in [1.29, 1.82) is 0 Å². The molecule has 94 valence electrons. The molecule has 0 N–H and O–H groups in total. The molecule has 0 aliphatic heterocycles. The number of hydrogen-bond acceptors (Lipinski definition) is 0. The van der Waals surface area contributed by atoms with Crippen molar-refractivity contribution in [1.82, 2.24) is 0 Å². The van der Waals surface area contributed by atoms with Gasteiger partial charge >= 0.3 is 0 Å². The minimum Gasteiger partial charge on any atom is -0.123 e. The molecule has 1 aromatic rings. The quantitative estimate of drug-likeness (QED) is 0.482. The first-order valence-electron chi connectivity index (χ1n) is 6.23. The summed E-state index contributed by atoms with van der Waals surface area (Å²) in [5.41, 5.74) is 1.09. The summed E-state index contributed by atoms with van der Waals surface area (Å²) in [4.78, 5) is 0. The standard InChI is InChI=1S/C14H17Cl3/c15-11-5-2-1-4-10(8-11)9-12-13(16)6-3-7-14(12)17/h3,6-7,10-11H,1-2,4-5,8-9H2. The van der Waals surface area contributed by atoms with Gasteiger partial charge in [-0.2, -0.15) is 0 Å². The van der Waals surface area contributed by atoms with E-state index in [2.05, 4.69) is 0 Å². The molecule has 0 radical (unpaired) electrons. The minimum atomic E-state index is 0.323. The van der Waals surface area contributed by atoms with Crippen LogP contribution in [0, 0.1) is 5.92 Å². The van der Waals surface area contributed by atoms with Crippen LogP contribution in [0.4, 0.5) is 0 Å². The number of hydrogen-bond donors (Lipinski definition) is 0. The molecule has 2 atom stereocenters. The highest BCUT2D eigenvalue weighted by atomic mass is 35.5. The van der Waals surface area contributed by atoms with E-state index in [1.54, 1.807) is 0 Å². The topological polar surface area (TPSA) is 0 Å². The van der Waals surface area contributed by atoms with Crippen molar-refractivity contribution >= 4 is 34.8 Å². The fourth-order valence-corrected chi connectivity index (χ4v) is 3.56. The van der Waals surface area contributed by atoms with E-state index in [9.17, 15) is 0 Å². The number of alkyl halides is 1. The van der Waals surface area contributed by atoms with Crippen LogP contribution < -0.4 is 0 Å². The predicted molar refractivity (Wildman–Crippen MR) is 76.4 cm³/mol. The maximum Gasteiger partial charge on any atom is 0.0452 e. The van der Waals surface area contributed by atoms with Crippen molar-refractivity contribution in [2.75, 3.05) is 0 Å². The van der Waals surface area contributed by atoms with Gasteiger partial charge in [0, 0.05) is 15.4 Å². The minimum absolute atomic E-state index is 0.323. The van der Waals surface area contributed by atoms with E-state index in [4.69, 9.17) is 34.8 Å². The van der Waals surface area contributed by atoms with Gasteiger partial charge in [0.25, 0.3) is 0 Å². The van der Waals surface area contributed by atoms with Crippen LogP contribution in [0.2, 0.25) is 10.0 Å². The fourth-order valence-electron chi connectivity index (χ4n) is 2.60. The second-order valence-corrected chi connectivity index (χ2v) is 6.32. The molecule has 1 fully saturated rings. The zero-order chi connectivity index (χ0) is 12.3. The molecule has 1 saturated carbocycles. The molecular formula is C14H17Cl3. The molecule has 0 heterocycles. The van der Waals surface area contributed by atoms with Crippen molar-refractivity contribution in [2.24, 2.45) is 5.92 Å². The van der Waals surface area contributed by atoms with Gasteiger partial charge in [-0.05, 0) is 42.9 Å². The Morgan fingerprint density at radius 2 is 1.71 bits per heavy atom. The Kier molecular flexibility index (Phi) is 5.02. The van der Waals surface area contributed by atoms with Crippen molar-refractivity contribution < 1.29 is 0 Å². The number of benzene rings is 1. The smallest absolute Gasteiger partial charge is 0.0452 e. The molecule has 0 amide bonds. The van der Waals surface area contributed by atoms with Crippen molar-refractivity contribution in [3.05, 3.63) is 33.8 Å². The first kappa shape index (κ1) is 13.5. The molecule has 1 aliphatic rings. The summed E-state index contributed by atoms with van der Waals surface area (Å²) in [5.74, 6) is 0.623. The zero-order valence-electron chi connectivity index (χ0n) is 9.76. The normalized spacial score (nSPS) is 25.6. The molecule has 0 spiro atoms. The van der Waals surface area contributed by atoms with Crippen molar-refractivity contribution in [3.8, 4) is 0 Å². The highest BCUT2D eigenvalue weighted by Gasteiger charge is 2.20. The van der Waals surface area contributed by atoms with Gasteiger partial charge in [-0.1, -0.05) is 48.5 Å². The third-order valence-corrected chi connectivity index (χ3v) is 4.63. The van der Waals surface area contributed by atoms with Crippen LogP contribution in [-0.4, -0.2) is 5.38 Å². The van der Waals surface area contributed by atoms with E-state index in [1.165, 1.54) is 19.3 Å². The third-order valence-electron chi connectivity index (χ3n) is 3.52. The Morgan fingerprint density at radius 3 is 2.41 bits per heavy atom. The molecule has 0 aromatic heterocycles. The second kappa shape index (κ2) is 6.31. The fraction of sp³-hybridized carbons (Fsp3) is 0.571. The Morgan fingerprint density at radius 1 is 1.06 bits per heavy atom. The highest BCUT2D eigenvalue weighted by Crippen LogP contribution is 2.33. The van der Waals surface area contributed by atoms with Gasteiger partial charge in [0.15, 0.2) is 0 Å². The number of rotatable bonds is 2. The monoisotopic (exact) mass is 290 g/mol. The van der Waals surface area contributed by atoms with E-state index in [1.807, 2.05) is 18.2 Å². The summed E-state index contributed by atoms with van der Waals surface area (Å²) in [7, 11) is 0. The van der Waals surface area contributed by atoms with Gasteiger partial charge in [-0.3, -0.25) is 0 Å². The number of halogens is 3. The molecule has 1 aromatic carbocycles. The zero-order valence-corrected chi connectivity index (χ0v) is 12.0. The predicted octanol–water partition coefficient (Wildman–Crippen LogP) is 5.72. The van der Waals surface area contributed by atoms with Gasteiger partial charge in [0.05, 0.1) is 0 Å². The summed E-state index contributed by atoms with van der Waals surface area (Å²) in [6.07, 6.45) is 6.96. The van der Waals surface area contributed by atoms with Gasteiger partial charge in [0.1, 0.15) is 0 Å². The molecule has 3 heteroatoms. The van der Waals surface area contributed by atoms with Crippen LogP contribution in [-0.2, 0) is 6.42 Å². The molecule has 0 saturated heterocycles. The summed E-state index contributed by atoms with van der Waals surface area (Å²) < 4.78 is 0. The van der Waals surface area contributed by atoms with E-state index >= 15 is 0 Å². The highest BCUT2D eigenvalue weighted by molar-refractivity contribution is 6.36. The van der Waals surface area contributed by atoms with Crippen molar-refractivity contribution in [2.45, 2.75) is 43.9 Å². The Hall–Kier alpha value is 0.0900. The maximum atomic E-state index is 6.30. The molecule has 17 heavy (non-hydrogen) atoms. The third kappa shape index (κ3) is 3.77. The largest absolute Gasteiger partial charge is 0.123 e. The molecular weight excluding hydrogens is 275 g/mol. The van der Waals surface area contributed by atoms with Gasteiger partial charge in [-0.25, -0.2) is 0 Å². The molecule has 0 nitrogen and oxygen atoms in total. The molecule has 0 bridgehead atoms. The van der Waals surface area contributed by atoms with Crippen LogP contribution in [0.15, 0.2) is 18.2 Å². The van der Waals surface area contributed by atoms with Crippen LogP contribution in [0.25, 0.3) is 0 Å². The van der Waals surface area contributed by atoms with E-state index in [0.717, 1.165) is 34.9 Å². The summed E-state index contributed by atoms with van der Waals surface area (Å²) in [6, 6.07) is 5.72. The SMILES string of the molecule is Clc1cccc(Cl)c1CC1CCCCC(Cl)C1. The van der Waals surface area contributed by atoms with Gasteiger partial charge in [-0.15, -0.1) is 11.6 Å². The summed E-state index contributed by atoms with van der Waals surface area (Å²) in [5, 5.41) is 1.89. The lowest BCUT2D eigenvalue weighted by Gasteiger charge is -2.17. The lowest BCUT2D eigenvalue weighted by molar-refractivity contribution is 0.460. The van der Waals surface area contributed by atoms with Crippen LogP contribution in [0.1, 0.15) is 37.7 Å². The summed E-state index contributed by atoms with van der Waals surface area (Å²) >= 11 is 18.7. The van der Waals surface area contributed by atoms with Crippen LogP contribution in [0.3, 0.4) is 0 Å². The maximum absolute atomic E-state index is 6.30.